The molecular weight excluding hydrogens is 310 g/mol. The lowest BCUT2D eigenvalue weighted by molar-refractivity contribution is -0.131. The Morgan fingerprint density at radius 2 is 2.08 bits per heavy atom. The Labute approximate surface area is 149 Å². The first-order valence-electron chi connectivity index (χ1n) is 9.48. The fourth-order valence-electron chi connectivity index (χ4n) is 4.45. The maximum absolute atomic E-state index is 12.8. The number of piperidine rings is 1. The van der Waals surface area contributed by atoms with E-state index in [-0.39, 0.29) is 5.91 Å². The lowest BCUT2D eigenvalue weighted by Crippen LogP contribution is -2.40. The van der Waals surface area contributed by atoms with Crippen molar-refractivity contribution >= 4 is 5.91 Å². The van der Waals surface area contributed by atoms with Crippen LogP contribution in [0.3, 0.4) is 0 Å². The summed E-state index contributed by atoms with van der Waals surface area (Å²) in [5.74, 6) is 1.73. The van der Waals surface area contributed by atoms with Gasteiger partial charge in [0.2, 0.25) is 5.91 Å². The Balaban J connectivity index is 1.44. The van der Waals surface area contributed by atoms with Crippen LogP contribution < -0.4 is 0 Å². The number of likely N-dealkylation sites (tertiary alicyclic amines) is 1. The smallest absolute Gasteiger partial charge is 0.227 e. The van der Waals surface area contributed by atoms with Crippen molar-refractivity contribution < 1.29 is 4.79 Å². The number of benzene rings is 1. The van der Waals surface area contributed by atoms with Crippen molar-refractivity contribution in [2.75, 3.05) is 13.1 Å². The topological polar surface area (TPSA) is 38.1 Å². The highest BCUT2D eigenvalue weighted by atomic mass is 16.2. The van der Waals surface area contributed by atoms with Gasteiger partial charge in [0.25, 0.3) is 0 Å². The Morgan fingerprint density at radius 1 is 1.24 bits per heavy atom. The van der Waals surface area contributed by atoms with E-state index in [0.29, 0.717) is 12.3 Å². The van der Waals surface area contributed by atoms with Crippen LogP contribution in [0.25, 0.3) is 0 Å². The zero-order valence-electron chi connectivity index (χ0n) is 15.3. The van der Waals surface area contributed by atoms with Crippen LogP contribution in [-0.2, 0) is 31.1 Å². The molecule has 0 N–H and O–H groups in total. The number of aromatic nitrogens is 2. The summed E-state index contributed by atoms with van der Waals surface area (Å²) in [5, 5.41) is 0. The molecule has 1 aromatic carbocycles. The number of nitrogens with zero attached hydrogens (tertiary/aromatic N) is 3. The minimum atomic E-state index is 0.258. The predicted octanol–water partition coefficient (Wildman–Crippen LogP) is 3.17. The Kier molecular flexibility index (Phi) is 4.36. The van der Waals surface area contributed by atoms with E-state index in [1.165, 1.54) is 36.0 Å². The number of imidazole rings is 1. The van der Waals surface area contributed by atoms with E-state index < -0.39 is 0 Å². The number of hydrogen-bond acceptors (Lipinski definition) is 2. The van der Waals surface area contributed by atoms with Crippen molar-refractivity contribution in [3.63, 3.8) is 0 Å². The number of hydrogen-bond donors (Lipinski definition) is 0. The van der Waals surface area contributed by atoms with Crippen LogP contribution >= 0.6 is 0 Å². The van der Waals surface area contributed by atoms with Gasteiger partial charge in [0, 0.05) is 32.3 Å². The van der Waals surface area contributed by atoms with Crippen LogP contribution in [0.5, 0.6) is 0 Å². The van der Waals surface area contributed by atoms with Crippen LogP contribution in [0.2, 0.25) is 0 Å². The highest BCUT2D eigenvalue weighted by Gasteiger charge is 2.27. The summed E-state index contributed by atoms with van der Waals surface area (Å²) in [6.45, 7) is 3.71. The Morgan fingerprint density at radius 3 is 2.88 bits per heavy atom. The number of amides is 1. The zero-order valence-corrected chi connectivity index (χ0v) is 15.3. The van der Waals surface area contributed by atoms with E-state index in [0.717, 1.165) is 37.4 Å². The van der Waals surface area contributed by atoms with Gasteiger partial charge >= 0.3 is 0 Å². The average molecular weight is 337 g/mol. The summed E-state index contributed by atoms with van der Waals surface area (Å²) in [4.78, 5) is 19.6. The fraction of sp³-hybridized carbons (Fsp3) is 0.524. The van der Waals surface area contributed by atoms with E-state index in [2.05, 4.69) is 41.0 Å². The van der Waals surface area contributed by atoms with Crippen LogP contribution in [0.15, 0.2) is 24.4 Å². The third-order valence-electron chi connectivity index (χ3n) is 5.69. The van der Waals surface area contributed by atoms with Gasteiger partial charge < -0.3 is 9.47 Å². The lowest BCUT2D eigenvalue weighted by Gasteiger charge is -2.32. The second-order valence-corrected chi connectivity index (χ2v) is 7.66. The molecule has 4 rings (SSSR count). The minimum Gasteiger partial charge on any atom is -0.342 e. The number of aryl methyl sites for hydroxylation is 4. The van der Waals surface area contributed by atoms with Gasteiger partial charge in [0.15, 0.2) is 0 Å². The monoisotopic (exact) mass is 337 g/mol. The molecule has 0 radical (unpaired) electrons. The third kappa shape index (κ3) is 3.35. The SMILES string of the molecule is Cc1cn(C)c(C2CCCN(C(=O)Cc3ccc4c(c3)CCC4)C2)n1. The normalized spacial score (nSPS) is 19.9. The molecule has 1 aromatic heterocycles. The van der Waals surface area contributed by atoms with Crippen molar-refractivity contribution in [1.82, 2.24) is 14.5 Å². The summed E-state index contributed by atoms with van der Waals surface area (Å²) in [6, 6.07) is 6.62. The number of rotatable bonds is 3. The largest absolute Gasteiger partial charge is 0.342 e. The van der Waals surface area contributed by atoms with E-state index >= 15 is 0 Å². The van der Waals surface area contributed by atoms with E-state index in [4.69, 9.17) is 0 Å². The van der Waals surface area contributed by atoms with Gasteiger partial charge in [-0.25, -0.2) is 4.98 Å². The Hall–Kier alpha value is -2.10. The van der Waals surface area contributed by atoms with Gasteiger partial charge in [-0.1, -0.05) is 18.2 Å². The Bertz CT molecular complexity index is 792. The zero-order chi connectivity index (χ0) is 17.4. The molecular formula is C21H27N3O. The predicted molar refractivity (Wildman–Crippen MR) is 98.7 cm³/mol. The van der Waals surface area contributed by atoms with E-state index in [1.54, 1.807) is 0 Å². The van der Waals surface area contributed by atoms with Crippen molar-refractivity contribution in [1.29, 1.82) is 0 Å². The van der Waals surface area contributed by atoms with Crippen molar-refractivity contribution in [3.05, 3.63) is 52.6 Å². The van der Waals surface area contributed by atoms with E-state index in [9.17, 15) is 4.79 Å². The van der Waals surface area contributed by atoms with Crippen molar-refractivity contribution in [3.8, 4) is 0 Å². The van der Waals surface area contributed by atoms with Gasteiger partial charge in [0.05, 0.1) is 12.1 Å². The molecule has 1 unspecified atom stereocenters. The molecule has 132 valence electrons. The summed E-state index contributed by atoms with van der Waals surface area (Å²) >= 11 is 0. The summed E-state index contributed by atoms with van der Waals surface area (Å²) < 4.78 is 2.12. The maximum atomic E-state index is 12.8. The van der Waals surface area contributed by atoms with Gasteiger partial charge in [0.1, 0.15) is 5.82 Å². The van der Waals surface area contributed by atoms with Crippen LogP contribution in [0.4, 0.5) is 0 Å². The second-order valence-electron chi connectivity index (χ2n) is 7.66. The first-order chi connectivity index (χ1) is 12.1. The van der Waals surface area contributed by atoms with Gasteiger partial charge in [-0.3, -0.25) is 4.79 Å². The quantitative estimate of drug-likeness (QED) is 0.863. The van der Waals surface area contributed by atoms with Crippen LogP contribution in [0, 0.1) is 6.92 Å². The fourth-order valence-corrected chi connectivity index (χ4v) is 4.45. The number of fused-ring (bicyclic) bond motifs is 1. The molecule has 2 aliphatic rings. The average Bonchev–Trinajstić information content (AvgIpc) is 3.20. The molecule has 4 heteroatoms. The standard InChI is InChI=1S/C21H27N3O/c1-15-13-23(2)21(22-15)19-7-4-10-24(14-19)20(25)12-16-8-9-17-5-3-6-18(17)11-16/h8-9,11,13,19H,3-7,10,12,14H2,1-2H3. The summed E-state index contributed by atoms with van der Waals surface area (Å²) in [5.41, 5.74) is 5.14. The minimum absolute atomic E-state index is 0.258. The van der Waals surface area contributed by atoms with Crippen molar-refractivity contribution in [2.45, 2.75) is 51.4 Å². The molecule has 25 heavy (non-hydrogen) atoms. The maximum Gasteiger partial charge on any atom is 0.227 e. The summed E-state index contributed by atoms with van der Waals surface area (Å²) in [7, 11) is 2.06. The molecule has 1 amide bonds. The number of carbonyl (C=O) groups excluding carboxylic acids is 1. The molecule has 4 nitrogen and oxygen atoms in total. The molecule has 0 saturated carbocycles. The molecule has 1 atom stereocenters. The molecule has 0 bridgehead atoms. The van der Waals surface area contributed by atoms with Crippen LogP contribution in [-0.4, -0.2) is 33.4 Å². The van der Waals surface area contributed by atoms with Gasteiger partial charge in [-0.2, -0.15) is 0 Å². The lowest BCUT2D eigenvalue weighted by atomic mass is 9.96. The van der Waals surface area contributed by atoms with Crippen LogP contribution in [0.1, 0.15) is 53.4 Å². The highest BCUT2D eigenvalue weighted by Crippen LogP contribution is 2.27. The van der Waals surface area contributed by atoms with Crippen molar-refractivity contribution in [2.24, 2.45) is 7.05 Å². The molecule has 1 saturated heterocycles. The third-order valence-corrected chi connectivity index (χ3v) is 5.69. The van der Waals surface area contributed by atoms with Gasteiger partial charge in [-0.05, 0) is 55.7 Å². The summed E-state index contributed by atoms with van der Waals surface area (Å²) in [6.07, 6.45) is 8.39. The molecule has 0 spiro atoms. The molecule has 1 fully saturated rings. The molecule has 1 aliphatic heterocycles. The molecule has 2 aromatic rings. The molecule has 2 heterocycles. The highest BCUT2D eigenvalue weighted by molar-refractivity contribution is 5.79. The van der Waals surface area contributed by atoms with E-state index in [1.807, 2.05) is 11.8 Å². The first kappa shape index (κ1) is 16.4. The molecule has 1 aliphatic carbocycles. The number of carbonyl (C=O) groups is 1. The van der Waals surface area contributed by atoms with Gasteiger partial charge in [-0.15, -0.1) is 0 Å². The first-order valence-corrected chi connectivity index (χ1v) is 9.48. The second kappa shape index (κ2) is 6.66.